The molecule has 0 aliphatic rings. The molecule has 0 fully saturated rings. The van der Waals surface area contributed by atoms with Crippen LogP contribution in [0.4, 0.5) is 0 Å². The van der Waals surface area contributed by atoms with E-state index in [9.17, 15) is 0 Å². The molecule has 0 amide bonds. The average Bonchev–Trinajstić information content (AvgIpc) is 1.59. The molecule has 0 aromatic carbocycles. The fourth-order valence-corrected chi connectivity index (χ4v) is 1.43. The van der Waals surface area contributed by atoms with Gasteiger partial charge in [-0.3, -0.25) is 0 Å². The van der Waals surface area contributed by atoms with Crippen LogP contribution in [-0.2, 0) is 0 Å². The van der Waals surface area contributed by atoms with E-state index in [0.29, 0.717) is 0 Å². The summed E-state index contributed by atoms with van der Waals surface area (Å²) in [5.41, 5.74) is 2.38. The summed E-state index contributed by atoms with van der Waals surface area (Å²) in [4.78, 5) is 2.18. The van der Waals surface area contributed by atoms with Crippen molar-refractivity contribution < 1.29 is 0 Å². The first-order valence-corrected chi connectivity index (χ1v) is 7.32. The Morgan fingerprint density at radius 3 is 1.91 bits per heavy atom. The van der Waals surface area contributed by atoms with Crippen LogP contribution in [0, 0.1) is 0 Å². The minimum absolute atomic E-state index is 0. The van der Waals surface area contributed by atoms with E-state index < -0.39 is 8.07 Å². The van der Waals surface area contributed by atoms with Crippen LogP contribution >= 0.6 is 12.4 Å². The number of halogens is 1. The molecule has 0 atom stereocenters. The number of hydrogen-bond acceptors (Lipinski definition) is 1. The van der Waals surface area contributed by atoms with Crippen LogP contribution < -0.4 is 0 Å². The second kappa shape index (κ2) is 5.81. The Labute approximate surface area is 77.9 Å². The highest BCUT2D eigenvalue weighted by Gasteiger charge is 2.05. The standard InChI is InChI=1S/C8H19NSi.ClH/c1-9(2)7-6-8-10(3,4)5;/h6,8H,7H2,1-5H3;1H. The Morgan fingerprint density at radius 1 is 1.18 bits per heavy atom. The van der Waals surface area contributed by atoms with Gasteiger partial charge in [0.15, 0.2) is 0 Å². The van der Waals surface area contributed by atoms with Crippen LogP contribution in [0.25, 0.3) is 0 Å². The average molecular weight is 194 g/mol. The van der Waals surface area contributed by atoms with Gasteiger partial charge in [-0.05, 0) is 14.1 Å². The summed E-state index contributed by atoms with van der Waals surface area (Å²) in [5.74, 6) is 0. The van der Waals surface area contributed by atoms with Gasteiger partial charge in [0.1, 0.15) is 0 Å². The summed E-state index contributed by atoms with van der Waals surface area (Å²) in [5, 5.41) is 0. The zero-order valence-electron chi connectivity index (χ0n) is 8.22. The van der Waals surface area contributed by atoms with Crippen molar-refractivity contribution in [1.82, 2.24) is 4.90 Å². The first-order chi connectivity index (χ1) is 4.42. The van der Waals surface area contributed by atoms with Gasteiger partial charge in [-0.25, -0.2) is 0 Å². The molecule has 0 saturated heterocycles. The topological polar surface area (TPSA) is 3.24 Å². The van der Waals surface area contributed by atoms with Crippen LogP contribution in [0.1, 0.15) is 0 Å². The van der Waals surface area contributed by atoms with Gasteiger partial charge in [-0.15, -0.1) is 12.4 Å². The Kier molecular flexibility index (Phi) is 7.27. The summed E-state index contributed by atoms with van der Waals surface area (Å²) in [7, 11) is 3.25. The van der Waals surface area contributed by atoms with Gasteiger partial charge in [0.05, 0.1) is 8.07 Å². The molecule has 0 bridgehead atoms. The van der Waals surface area contributed by atoms with Gasteiger partial charge >= 0.3 is 0 Å². The van der Waals surface area contributed by atoms with Crippen molar-refractivity contribution in [3.8, 4) is 0 Å². The fraction of sp³-hybridized carbons (Fsp3) is 0.750. The summed E-state index contributed by atoms with van der Waals surface area (Å²) < 4.78 is 0. The molecule has 0 spiro atoms. The summed E-state index contributed by atoms with van der Waals surface area (Å²) in [6.07, 6.45) is 2.27. The molecule has 0 aliphatic heterocycles. The van der Waals surface area contributed by atoms with E-state index in [2.05, 4.69) is 50.4 Å². The highest BCUT2D eigenvalue weighted by atomic mass is 35.5. The zero-order chi connectivity index (χ0) is 8.20. The van der Waals surface area contributed by atoms with Crippen molar-refractivity contribution >= 4 is 20.5 Å². The first kappa shape index (κ1) is 13.8. The predicted molar refractivity (Wildman–Crippen MR) is 58.3 cm³/mol. The van der Waals surface area contributed by atoms with E-state index in [-0.39, 0.29) is 12.4 Å². The third-order valence-corrected chi connectivity index (χ3v) is 2.32. The maximum absolute atomic E-state index is 2.38. The van der Waals surface area contributed by atoms with Crippen LogP contribution in [0.3, 0.4) is 0 Å². The minimum atomic E-state index is -0.931. The van der Waals surface area contributed by atoms with Crippen molar-refractivity contribution in [1.29, 1.82) is 0 Å². The van der Waals surface area contributed by atoms with Crippen molar-refractivity contribution in [3.05, 3.63) is 11.8 Å². The second-order valence-corrected chi connectivity index (χ2v) is 9.10. The maximum Gasteiger partial charge on any atom is 0.0683 e. The van der Waals surface area contributed by atoms with Crippen molar-refractivity contribution in [2.75, 3.05) is 20.6 Å². The Morgan fingerprint density at radius 2 is 1.64 bits per heavy atom. The van der Waals surface area contributed by atoms with E-state index in [0.717, 1.165) is 6.54 Å². The van der Waals surface area contributed by atoms with E-state index >= 15 is 0 Å². The number of rotatable bonds is 3. The van der Waals surface area contributed by atoms with Crippen LogP contribution in [-0.4, -0.2) is 33.6 Å². The zero-order valence-corrected chi connectivity index (χ0v) is 10.0. The van der Waals surface area contributed by atoms with Gasteiger partial charge in [0.2, 0.25) is 0 Å². The smallest absolute Gasteiger partial charge is 0.0683 e. The van der Waals surface area contributed by atoms with Crippen molar-refractivity contribution in [2.24, 2.45) is 0 Å². The van der Waals surface area contributed by atoms with Gasteiger partial charge < -0.3 is 4.90 Å². The SMILES string of the molecule is CN(C)CC=C[Si](C)(C)C.Cl. The molecule has 11 heavy (non-hydrogen) atoms. The van der Waals surface area contributed by atoms with Crippen molar-refractivity contribution in [3.63, 3.8) is 0 Å². The van der Waals surface area contributed by atoms with Gasteiger partial charge in [-0.2, -0.15) is 0 Å². The largest absolute Gasteiger partial charge is 0.306 e. The normalized spacial score (nSPS) is 12.2. The van der Waals surface area contributed by atoms with Gasteiger partial charge in [-0.1, -0.05) is 31.4 Å². The van der Waals surface area contributed by atoms with E-state index in [1.807, 2.05) is 0 Å². The third-order valence-electron chi connectivity index (χ3n) is 1.09. The molecule has 0 aromatic rings. The van der Waals surface area contributed by atoms with E-state index in [4.69, 9.17) is 0 Å². The lowest BCUT2D eigenvalue weighted by atomic mass is 10.6. The molecule has 0 aliphatic carbocycles. The highest BCUT2D eigenvalue weighted by molar-refractivity contribution is 6.80. The fourth-order valence-electron chi connectivity index (χ4n) is 0.617. The highest BCUT2D eigenvalue weighted by Crippen LogP contribution is 2.01. The van der Waals surface area contributed by atoms with Crippen LogP contribution in [0.5, 0.6) is 0 Å². The predicted octanol–water partition coefficient (Wildman–Crippen LogP) is 2.40. The Hall–Kier alpha value is 0.207. The second-order valence-electron chi connectivity index (χ2n) is 4.03. The van der Waals surface area contributed by atoms with Crippen LogP contribution in [0.2, 0.25) is 19.6 Å². The lowest BCUT2D eigenvalue weighted by Gasteiger charge is -2.10. The molecule has 0 N–H and O–H groups in total. The molecule has 0 saturated carbocycles. The Bertz CT molecular complexity index is 116. The molecule has 0 heterocycles. The number of hydrogen-bond donors (Lipinski definition) is 0. The first-order valence-electron chi connectivity index (χ1n) is 3.74. The summed E-state index contributed by atoms with van der Waals surface area (Å²) >= 11 is 0. The third kappa shape index (κ3) is 13.2. The minimum Gasteiger partial charge on any atom is -0.306 e. The molecular weight excluding hydrogens is 174 g/mol. The van der Waals surface area contributed by atoms with Crippen molar-refractivity contribution in [2.45, 2.75) is 19.6 Å². The molecule has 1 nitrogen and oxygen atoms in total. The molecule has 3 heteroatoms. The molecular formula is C8H20ClNSi. The van der Waals surface area contributed by atoms with Crippen LogP contribution in [0.15, 0.2) is 11.8 Å². The van der Waals surface area contributed by atoms with E-state index in [1.165, 1.54) is 0 Å². The molecule has 0 rings (SSSR count). The van der Waals surface area contributed by atoms with Gasteiger partial charge in [0, 0.05) is 6.54 Å². The maximum atomic E-state index is 2.38. The molecule has 68 valence electrons. The summed E-state index contributed by atoms with van der Waals surface area (Å²) in [6.45, 7) is 8.11. The summed E-state index contributed by atoms with van der Waals surface area (Å²) in [6, 6.07) is 0. The monoisotopic (exact) mass is 193 g/mol. The molecule has 0 aromatic heterocycles. The lowest BCUT2D eigenvalue weighted by molar-refractivity contribution is 0.456. The molecule has 0 unspecified atom stereocenters. The quantitative estimate of drug-likeness (QED) is 0.623. The molecule has 0 radical (unpaired) electrons. The van der Waals surface area contributed by atoms with Gasteiger partial charge in [0.25, 0.3) is 0 Å². The number of nitrogens with zero attached hydrogens (tertiary/aromatic N) is 1. The lowest BCUT2D eigenvalue weighted by Crippen LogP contribution is -2.17. The number of likely N-dealkylation sites (N-methyl/N-ethyl adjacent to an activating group) is 1. The van der Waals surface area contributed by atoms with E-state index in [1.54, 1.807) is 0 Å². The Balaban J connectivity index is 0.